The first kappa shape index (κ1) is 18.3. The van der Waals surface area contributed by atoms with Crippen LogP contribution in [0.3, 0.4) is 0 Å². The molecule has 25 heavy (non-hydrogen) atoms. The van der Waals surface area contributed by atoms with E-state index in [2.05, 4.69) is 20.8 Å². The number of hydrogen-bond acceptors (Lipinski definition) is 1. The van der Waals surface area contributed by atoms with Gasteiger partial charge in [-0.2, -0.15) is 0 Å². The first-order valence-corrected chi connectivity index (χ1v) is 11.7. The summed E-state index contributed by atoms with van der Waals surface area (Å²) < 4.78 is 0. The summed E-state index contributed by atoms with van der Waals surface area (Å²) in [4.78, 5) is 0. The molecule has 4 fully saturated rings. The molecule has 0 aromatic carbocycles. The highest BCUT2D eigenvalue weighted by atomic mass is 16.3. The molecule has 4 saturated carbocycles. The fraction of sp³-hybridized carbons (Fsp3) is 1.00. The summed E-state index contributed by atoms with van der Waals surface area (Å²) in [7, 11) is 0. The lowest BCUT2D eigenvalue weighted by atomic mass is 9.49. The lowest BCUT2D eigenvalue weighted by Crippen LogP contribution is -2.49. The van der Waals surface area contributed by atoms with Crippen LogP contribution in [0.1, 0.15) is 97.8 Å². The molecule has 9 atom stereocenters. The van der Waals surface area contributed by atoms with Gasteiger partial charge >= 0.3 is 0 Å². The van der Waals surface area contributed by atoms with Crippen molar-refractivity contribution in [2.75, 3.05) is 0 Å². The van der Waals surface area contributed by atoms with Crippen LogP contribution in [0.4, 0.5) is 0 Å². The Morgan fingerprint density at radius 1 is 0.960 bits per heavy atom. The van der Waals surface area contributed by atoms with Crippen molar-refractivity contribution in [1.82, 2.24) is 0 Å². The van der Waals surface area contributed by atoms with Crippen LogP contribution < -0.4 is 0 Å². The molecule has 0 saturated heterocycles. The van der Waals surface area contributed by atoms with Crippen molar-refractivity contribution in [2.45, 2.75) is 104 Å². The molecular weight excluding hydrogens is 304 g/mol. The average Bonchev–Trinajstić information content (AvgIpc) is 2.97. The van der Waals surface area contributed by atoms with E-state index >= 15 is 0 Å². The topological polar surface area (TPSA) is 20.2 Å². The molecule has 9 unspecified atom stereocenters. The number of aliphatic hydroxyl groups is 1. The Morgan fingerprint density at radius 2 is 1.76 bits per heavy atom. The van der Waals surface area contributed by atoms with Crippen LogP contribution in [0.2, 0.25) is 0 Å². The molecule has 0 aromatic rings. The third-order valence-corrected chi connectivity index (χ3v) is 9.68. The number of hydrogen-bond donors (Lipinski definition) is 1. The molecule has 0 aliphatic heterocycles. The zero-order valence-corrected chi connectivity index (χ0v) is 17.1. The molecule has 0 radical (unpaired) electrons. The third kappa shape index (κ3) is 3.11. The lowest BCUT2D eigenvalue weighted by molar-refractivity contribution is -0.0823. The van der Waals surface area contributed by atoms with Crippen molar-refractivity contribution in [3.63, 3.8) is 0 Å². The van der Waals surface area contributed by atoms with E-state index in [1.165, 1.54) is 64.2 Å². The van der Waals surface area contributed by atoms with Crippen molar-refractivity contribution in [1.29, 1.82) is 0 Å². The maximum absolute atomic E-state index is 10.3. The van der Waals surface area contributed by atoms with E-state index in [0.29, 0.717) is 11.3 Å². The van der Waals surface area contributed by atoms with Gasteiger partial charge in [-0.15, -0.1) is 0 Å². The molecule has 0 spiro atoms. The van der Waals surface area contributed by atoms with Crippen molar-refractivity contribution in [3.8, 4) is 0 Å². The van der Waals surface area contributed by atoms with Gasteiger partial charge in [0.2, 0.25) is 0 Å². The zero-order chi connectivity index (χ0) is 17.6. The Hall–Kier alpha value is -0.0400. The Kier molecular flexibility index (Phi) is 5.26. The van der Waals surface area contributed by atoms with E-state index in [1.807, 2.05) is 0 Å². The van der Waals surface area contributed by atoms with E-state index in [-0.39, 0.29) is 6.10 Å². The minimum Gasteiger partial charge on any atom is -0.393 e. The van der Waals surface area contributed by atoms with E-state index < -0.39 is 0 Å². The second kappa shape index (κ2) is 7.17. The maximum Gasteiger partial charge on any atom is 0.0545 e. The summed E-state index contributed by atoms with van der Waals surface area (Å²) >= 11 is 0. The summed E-state index contributed by atoms with van der Waals surface area (Å²) in [6.45, 7) is 6.95. The molecular formula is C24H42O. The molecule has 0 aromatic heterocycles. The molecule has 0 amide bonds. The van der Waals surface area contributed by atoms with Crippen LogP contribution in [0.25, 0.3) is 0 Å². The smallest absolute Gasteiger partial charge is 0.0545 e. The minimum atomic E-state index is -0.100. The fourth-order valence-electron chi connectivity index (χ4n) is 8.54. The zero-order valence-electron chi connectivity index (χ0n) is 17.1. The van der Waals surface area contributed by atoms with Gasteiger partial charge in [0.05, 0.1) is 6.10 Å². The summed E-state index contributed by atoms with van der Waals surface area (Å²) in [6, 6.07) is 0. The SMILES string of the molecule is CCCCC1CCC2C(CCC3C2CCC2(C)C(C(C)O)CCC32)C1. The van der Waals surface area contributed by atoms with E-state index in [1.54, 1.807) is 12.8 Å². The van der Waals surface area contributed by atoms with Crippen LogP contribution in [-0.2, 0) is 0 Å². The predicted molar refractivity (Wildman–Crippen MR) is 105 cm³/mol. The second-order valence-corrected chi connectivity index (χ2v) is 10.7. The highest BCUT2D eigenvalue weighted by molar-refractivity contribution is 5.06. The van der Waals surface area contributed by atoms with Crippen LogP contribution in [-0.4, -0.2) is 11.2 Å². The highest BCUT2D eigenvalue weighted by Crippen LogP contribution is 2.65. The first-order valence-electron chi connectivity index (χ1n) is 11.7. The summed E-state index contributed by atoms with van der Waals surface area (Å²) in [5.41, 5.74) is 0.445. The minimum absolute atomic E-state index is 0.100. The normalized spacial score (nSPS) is 50.6. The Balaban J connectivity index is 1.44. The van der Waals surface area contributed by atoms with Crippen molar-refractivity contribution in [3.05, 3.63) is 0 Å². The average molecular weight is 347 g/mol. The largest absolute Gasteiger partial charge is 0.393 e. The summed E-state index contributed by atoms with van der Waals surface area (Å²) in [6.07, 6.45) is 17.5. The lowest BCUT2D eigenvalue weighted by Gasteiger charge is -2.56. The maximum atomic E-state index is 10.3. The molecule has 4 aliphatic carbocycles. The third-order valence-electron chi connectivity index (χ3n) is 9.68. The van der Waals surface area contributed by atoms with Gasteiger partial charge in [0.1, 0.15) is 0 Å². The van der Waals surface area contributed by atoms with Crippen molar-refractivity contribution in [2.24, 2.45) is 46.8 Å². The summed E-state index contributed by atoms with van der Waals surface area (Å²) in [5.74, 6) is 6.71. The molecule has 1 N–H and O–H groups in total. The number of fused-ring (bicyclic) bond motifs is 5. The van der Waals surface area contributed by atoms with Gasteiger partial charge in [0.25, 0.3) is 0 Å². The predicted octanol–water partition coefficient (Wildman–Crippen LogP) is 6.44. The molecule has 1 nitrogen and oxygen atoms in total. The van der Waals surface area contributed by atoms with Crippen molar-refractivity contribution >= 4 is 0 Å². The van der Waals surface area contributed by atoms with Gasteiger partial charge in [-0.3, -0.25) is 0 Å². The Bertz CT molecular complexity index is 457. The van der Waals surface area contributed by atoms with Crippen LogP contribution >= 0.6 is 0 Å². The van der Waals surface area contributed by atoms with Crippen LogP contribution in [0.15, 0.2) is 0 Å². The van der Waals surface area contributed by atoms with Crippen molar-refractivity contribution < 1.29 is 5.11 Å². The Labute approximate surface area is 156 Å². The van der Waals surface area contributed by atoms with Crippen LogP contribution in [0, 0.1) is 46.8 Å². The second-order valence-electron chi connectivity index (χ2n) is 10.7. The molecule has 1 heteroatoms. The van der Waals surface area contributed by atoms with Gasteiger partial charge in [0.15, 0.2) is 0 Å². The summed E-state index contributed by atoms with van der Waals surface area (Å²) in [5, 5.41) is 10.3. The van der Waals surface area contributed by atoms with Gasteiger partial charge in [0, 0.05) is 0 Å². The molecule has 0 bridgehead atoms. The van der Waals surface area contributed by atoms with Gasteiger partial charge in [-0.05, 0) is 105 Å². The molecule has 4 aliphatic rings. The standard InChI is InChI=1S/C24H42O/c1-4-5-6-17-7-9-19-18(15-17)8-10-21-20(19)13-14-24(3)22(16(2)25)11-12-23(21)24/h16-23,25H,4-15H2,1-3H3. The highest BCUT2D eigenvalue weighted by Gasteiger charge is 2.57. The molecule has 4 rings (SSSR count). The van der Waals surface area contributed by atoms with Gasteiger partial charge < -0.3 is 5.11 Å². The number of rotatable bonds is 4. The van der Waals surface area contributed by atoms with E-state index in [0.717, 1.165) is 35.5 Å². The Morgan fingerprint density at radius 3 is 2.52 bits per heavy atom. The molecule has 144 valence electrons. The first-order chi connectivity index (χ1) is 12.0. The molecule has 0 heterocycles. The number of unbranched alkanes of at least 4 members (excludes halogenated alkanes) is 1. The van der Waals surface area contributed by atoms with E-state index in [9.17, 15) is 5.11 Å². The van der Waals surface area contributed by atoms with Crippen LogP contribution in [0.5, 0.6) is 0 Å². The number of aliphatic hydroxyl groups excluding tert-OH is 1. The van der Waals surface area contributed by atoms with Gasteiger partial charge in [-0.1, -0.05) is 39.5 Å². The quantitative estimate of drug-likeness (QED) is 0.621. The monoisotopic (exact) mass is 346 g/mol. The van der Waals surface area contributed by atoms with Gasteiger partial charge in [-0.25, -0.2) is 0 Å². The fourth-order valence-corrected chi connectivity index (χ4v) is 8.54. The van der Waals surface area contributed by atoms with E-state index in [4.69, 9.17) is 0 Å².